The maximum absolute atomic E-state index is 12.5. The molecule has 0 spiro atoms. The Hall–Kier alpha value is -3.05. The van der Waals surface area contributed by atoms with Crippen molar-refractivity contribution in [2.24, 2.45) is 0 Å². The Morgan fingerprint density at radius 1 is 1.19 bits per heavy atom. The van der Waals surface area contributed by atoms with Gasteiger partial charge in [-0.1, -0.05) is 48.0 Å². The number of carbonyl (C=O) groups excluding carboxylic acids is 1. The molecule has 27 heavy (non-hydrogen) atoms. The molecule has 0 bridgehead atoms. The highest BCUT2D eigenvalue weighted by molar-refractivity contribution is 6.35. The number of nitrogens with zero attached hydrogens (tertiary/aromatic N) is 2. The first-order valence-corrected chi connectivity index (χ1v) is 8.99. The first-order chi connectivity index (χ1) is 13.1. The molecule has 1 amide bonds. The van der Waals surface area contributed by atoms with Crippen molar-refractivity contribution >= 4 is 28.5 Å². The fourth-order valence-corrected chi connectivity index (χ4v) is 3.25. The molecule has 0 saturated carbocycles. The summed E-state index contributed by atoms with van der Waals surface area (Å²) in [7, 11) is 0. The number of rotatable bonds is 5. The van der Waals surface area contributed by atoms with E-state index in [1.54, 1.807) is 18.6 Å². The van der Waals surface area contributed by atoms with Gasteiger partial charge in [-0.15, -0.1) is 0 Å². The van der Waals surface area contributed by atoms with Crippen molar-refractivity contribution in [3.05, 3.63) is 88.7 Å². The van der Waals surface area contributed by atoms with Crippen molar-refractivity contribution < 1.29 is 9.21 Å². The Balaban J connectivity index is 1.43. The van der Waals surface area contributed by atoms with E-state index in [4.69, 9.17) is 16.0 Å². The molecule has 4 aromatic rings. The maximum atomic E-state index is 12.5. The summed E-state index contributed by atoms with van der Waals surface area (Å²) in [6.45, 7) is 3.06. The van der Waals surface area contributed by atoms with Crippen LogP contribution in [-0.2, 0) is 13.1 Å². The van der Waals surface area contributed by atoms with Gasteiger partial charge in [0.2, 0.25) is 0 Å². The zero-order chi connectivity index (χ0) is 18.8. The first kappa shape index (κ1) is 17.4. The van der Waals surface area contributed by atoms with Gasteiger partial charge in [0.25, 0.3) is 5.91 Å². The van der Waals surface area contributed by atoms with Crippen LogP contribution in [0.15, 0.2) is 65.6 Å². The van der Waals surface area contributed by atoms with Crippen LogP contribution in [-0.4, -0.2) is 15.5 Å². The quantitative estimate of drug-likeness (QED) is 0.552. The summed E-state index contributed by atoms with van der Waals surface area (Å²) >= 11 is 6.15. The maximum Gasteiger partial charge on any atom is 0.287 e. The summed E-state index contributed by atoms with van der Waals surface area (Å²) in [6, 6.07) is 13.6. The summed E-state index contributed by atoms with van der Waals surface area (Å²) < 4.78 is 7.71. The fourth-order valence-electron chi connectivity index (χ4n) is 3.04. The molecular formula is C21H18ClN3O2. The minimum atomic E-state index is -0.248. The molecule has 4 rings (SSSR count). The molecule has 0 radical (unpaired) electrons. The largest absolute Gasteiger partial charge is 0.449 e. The van der Waals surface area contributed by atoms with Gasteiger partial charge in [0.05, 0.1) is 11.3 Å². The smallest absolute Gasteiger partial charge is 0.287 e. The number of para-hydroxylation sites is 1. The number of halogens is 1. The number of benzene rings is 2. The standard InChI is InChI=1S/C21H18ClN3O2/c1-14-17-3-2-4-18(22)20(17)27-19(14)21(26)24-11-15-5-7-16(8-6-15)12-25-10-9-23-13-25/h2-10,13H,11-12H2,1H3,(H,24,26). The van der Waals surface area contributed by atoms with E-state index in [9.17, 15) is 4.79 Å². The van der Waals surface area contributed by atoms with E-state index in [-0.39, 0.29) is 5.91 Å². The second kappa shape index (κ2) is 7.29. The van der Waals surface area contributed by atoms with Gasteiger partial charge in [-0.05, 0) is 24.1 Å². The molecular weight excluding hydrogens is 362 g/mol. The van der Waals surface area contributed by atoms with E-state index in [2.05, 4.69) is 10.3 Å². The summed E-state index contributed by atoms with van der Waals surface area (Å²) in [6.07, 6.45) is 5.48. The molecule has 0 atom stereocenters. The van der Waals surface area contributed by atoms with Crippen molar-refractivity contribution in [3.8, 4) is 0 Å². The van der Waals surface area contributed by atoms with E-state index in [0.29, 0.717) is 22.9 Å². The number of furan rings is 1. The van der Waals surface area contributed by atoms with Crippen molar-refractivity contribution in [1.29, 1.82) is 0 Å². The van der Waals surface area contributed by atoms with Gasteiger partial charge in [0.15, 0.2) is 11.3 Å². The molecule has 5 nitrogen and oxygen atoms in total. The van der Waals surface area contributed by atoms with Gasteiger partial charge < -0.3 is 14.3 Å². The third kappa shape index (κ3) is 3.59. The topological polar surface area (TPSA) is 60.1 Å². The summed E-state index contributed by atoms with van der Waals surface area (Å²) in [5.41, 5.74) is 3.53. The molecule has 2 heterocycles. The van der Waals surface area contributed by atoms with Crippen LogP contribution in [0.4, 0.5) is 0 Å². The summed E-state index contributed by atoms with van der Waals surface area (Å²) in [4.78, 5) is 16.6. The van der Waals surface area contributed by atoms with Crippen LogP contribution in [0.3, 0.4) is 0 Å². The number of hydrogen-bond acceptors (Lipinski definition) is 3. The molecule has 136 valence electrons. The Labute approximate surface area is 161 Å². The molecule has 0 aliphatic carbocycles. The molecule has 1 N–H and O–H groups in total. The van der Waals surface area contributed by atoms with Crippen LogP contribution in [0.25, 0.3) is 11.0 Å². The highest BCUT2D eigenvalue weighted by Gasteiger charge is 2.18. The van der Waals surface area contributed by atoms with Gasteiger partial charge in [0, 0.05) is 36.4 Å². The number of imidazole rings is 1. The predicted octanol–water partition coefficient (Wildman–Crippen LogP) is 4.57. The monoisotopic (exact) mass is 379 g/mol. The van der Waals surface area contributed by atoms with Gasteiger partial charge >= 0.3 is 0 Å². The highest BCUT2D eigenvalue weighted by atomic mass is 35.5. The zero-order valence-corrected chi connectivity index (χ0v) is 15.5. The molecule has 2 aromatic carbocycles. The summed E-state index contributed by atoms with van der Waals surface area (Å²) in [5, 5.41) is 4.27. The highest BCUT2D eigenvalue weighted by Crippen LogP contribution is 2.30. The SMILES string of the molecule is Cc1c(C(=O)NCc2ccc(Cn3ccnc3)cc2)oc2c(Cl)cccc12. The molecule has 0 fully saturated rings. The lowest BCUT2D eigenvalue weighted by Crippen LogP contribution is -2.22. The van der Waals surface area contributed by atoms with Crippen molar-refractivity contribution in [1.82, 2.24) is 14.9 Å². The lowest BCUT2D eigenvalue weighted by Gasteiger charge is -2.06. The van der Waals surface area contributed by atoms with Crippen LogP contribution in [0, 0.1) is 6.92 Å². The lowest BCUT2D eigenvalue weighted by atomic mass is 10.1. The van der Waals surface area contributed by atoms with Crippen LogP contribution in [0.2, 0.25) is 5.02 Å². The van der Waals surface area contributed by atoms with Crippen LogP contribution >= 0.6 is 11.6 Å². The Bertz CT molecular complexity index is 1080. The second-order valence-corrected chi connectivity index (χ2v) is 6.81. The van der Waals surface area contributed by atoms with E-state index in [1.165, 1.54) is 5.56 Å². The summed E-state index contributed by atoms with van der Waals surface area (Å²) in [5.74, 6) is 0.0529. The molecule has 2 aromatic heterocycles. The van der Waals surface area contributed by atoms with Crippen LogP contribution < -0.4 is 5.32 Å². The normalized spacial score (nSPS) is 11.0. The van der Waals surface area contributed by atoms with Gasteiger partial charge in [-0.3, -0.25) is 4.79 Å². The molecule has 6 heteroatoms. The van der Waals surface area contributed by atoms with E-state index >= 15 is 0 Å². The first-order valence-electron chi connectivity index (χ1n) is 8.61. The van der Waals surface area contributed by atoms with Crippen molar-refractivity contribution in [3.63, 3.8) is 0 Å². The van der Waals surface area contributed by atoms with E-state index in [0.717, 1.165) is 23.1 Å². The molecule has 0 aliphatic heterocycles. The third-order valence-electron chi connectivity index (χ3n) is 4.52. The average Bonchev–Trinajstić information content (AvgIpc) is 3.30. The molecule has 0 unspecified atom stereocenters. The Morgan fingerprint density at radius 3 is 2.67 bits per heavy atom. The number of aromatic nitrogens is 2. The predicted molar refractivity (Wildman–Crippen MR) is 105 cm³/mol. The van der Waals surface area contributed by atoms with Gasteiger partial charge in [-0.25, -0.2) is 4.98 Å². The fraction of sp³-hybridized carbons (Fsp3) is 0.143. The van der Waals surface area contributed by atoms with Crippen molar-refractivity contribution in [2.75, 3.05) is 0 Å². The number of aryl methyl sites for hydroxylation is 1. The van der Waals surface area contributed by atoms with E-state index < -0.39 is 0 Å². The van der Waals surface area contributed by atoms with E-state index in [1.807, 2.05) is 54.1 Å². The third-order valence-corrected chi connectivity index (χ3v) is 4.82. The number of hydrogen-bond donors (Lipinski definition) is 1. The van der Waals surface area contributed by atoms with Gasteiger partial charge in [0.1, 0.15) is 0 Å². The molecule has 0 aliphatic rings. The molecule has 0 saturated heterocycles. The zero-order valence-electron chi connectivity index (χ0n) is 14.8. The number of nitrogens with one attached hydrogen (secondary N) is 1. The van der Waals surface area contributed by atoms with Crippen molar-refractivity contribution in [2.45, 2.75) is 20.0 Å². The average molecular weight is 380 g/mol. The van der Waals surface area contributed by atoms with Crippen LogP contribution in [0.1, 0.15) is 27.2 Å². The van der Waals surface area contributed by atoms with Crippen LogP contribution in [0.5, 0.6) is 0 Å². The number of carbonyl (C=O) groups is 1. The second-order valence-electron chi connectivity index (χ2n) is 6.41. The van der Waals surface area contributed by atoms with Gasteiger partial charge in [-0.2, -0.15) is 0 Å². The minimum Gasteiger partial charge on any atom is -0.449 e. The Morgan fingerprint density at radius 2 is 1.96 bits per heavy atom. The minimum absolute atomic E-state index is 0.248. The Kier molecular flexibility index (Phi) is 4.69. The lowest BCUT2D eigenvalue weighted by molar-refractivity contribution is 0.0924. The number of fused-ring (bicyclic) bond motifs is 1. The number of amides is 1.